The summed E-state index contributed by atoms with van der Waals surface area (Å²) in [5.74, 6) is 0. The zero-order valence-electron chi connectivity index (χ0n) is 9.49. The Balaban J connectivity index is 2.34. The Morgan fingerprint density at radius 3 is 2.67 bits per heavy atom. The average Bonchev–Trinajstić information content (AvgIpc) is 2.33. The maximum Gasteiger partial charge on any atom is 0.264 e. The second-order valence-electron chi connectivity index (χ2n) is 4.22. The smallest absolute Gasteiger partial charge is 0.264 e. The lowest BCUT2D eigenvalue weighted by Gasteiger charge is -2.31. The highest BCUT2D eigenvalue weighted by atomic mass is 79.9. The van der Waals surface area contributed by atoms with Crippen molar-refractivity contribution >= 4 is 15.9 Å². The molecule has 4 nitrogen and oxygen atoms in total. The van der Waals surface area contributed by atoms with Crippen molar-refractivity contribution in [3.8, 4) is 0 Å². The number of aliphatic hydroxyl groups is 1. The van der Waals surface area contributed by atoms with Gasteiger partial charge in [0.05, 0.1) is 0 Å². The summed E-state index contributed by atoms with van der Waals surface area (Å²) in [6, 6.07) is 8.09. The predicted octanol–water partition coefficient (Wildman–Crippen LogP) is 2.45. The molecule has 2 unspecified atom stereocenters. The third kappa shape index (κ3) is 2.37. The number of nitro groups is 1. The first kappa shape index (κ1) is 13.0. The number of allylic oxidation sites excluding steroid dienone is 2. The van der Waals surface area contributed by atoms with Gasteiger partial charge in [0, 0.05) is 15.8 Å². The molecule has 0 aliphatic heterocycles. The van der Waals surface area contributed by atoms with Gasteiger partial charge in [-0.1, -0.05) is 52.3 Å². The molecule has 0 saturated heterocycles. The van der Waals surface area contributed by atoms with Crippen LogP contribution < -0.4 is 0 Å². The molecule has 0 amide bonds. The Bertz CT molecular complexity index is 512. The largest absolute Gasteiger partial charge is 0.377 e. The fourth-order valence-electron chi connectivity index (χ4n) is 2.03. The van der Waals surface area contributed by atoms with Crippen LogP contribution in [0, 0.1) is 10.1 Å². The monoisotopic (exact) mass is 309 g/mol. The van der Waals surface area contributed by atoms with Crippen LogP contribution in [-0.2, 0) is 6.42 Å². The molecular weight excluding hydrogens is 298 g/mol. The van der Waals surface area contributed by atoms with Crippen LogP contribution in [-0.4, -0.2) is 21.7 Å². The van der Waals surface area contributed by atoms with Crippen molar-refractivity contribution in [1.29, 1.82) is 0 Å². The van der Waals surface area contributed by atoms with Gasteiger partial charge in [-0.25, -0.2) is 0 Å². The SMILES string of the molecule is O=[N+]([O-])C1C=CC=C(Br)C1(O)Cc1ccccc1. The minimum atomic E-state index is -1.53. The quantitative estimate of drug-likeness (QED) is 0.689. The first-order chi connectivity index (χ1) is 8.54. The van der Waals surface area contributed by atoms with Gasteiger partial charge in [-0.3, -0.25) is 10.1 Å². The van der Waals surface area contributed by atoms with Crippen molar-refractivity contribution in [2.24, 2.45) is 0 Å². The highest BCUT2D eigenvalue weighted by Gasteiger charge is 2.47. The minimum absolute atomic E-state index is 0.195. The molecular formula is C13H12BrNO3. The van der Waals surface area contributed by atoms with Crippen molar-refractivity contribution in [3.05, 3.63) is 68.7 Å². The average molecular weight is 310 g/mol. The first-order valence-corrected chi connectivity index (χ1v) is 6.27. The van der Waals surface area contributed by atoms with Crippen molar-refractivity contribution < 1.29 is 10.0 Å². The van der Waals surface area contributed by atoms with Crippen LogP contribution in [0.4, 0.5) is 0 Å². The Morgan fingerprint density at radius 2 is 2.06 bits per heavy atom. The highest BCUT2D eigenvalue weighted by molar-refractivity contribution is 9.11. The van der Waals surface area contributed by atoms with Crippen molar-refractivity contribution in [1.82, 2.24) is 0 Å². The van der Waals surface area contributed by atoms with E-state index in [1.165, 1.54) is 6.08 Å². The molecule has 1 aromatic rings. The van der Waals surface area contributed by atoms with E-state index >= 15 is 0 Å². The topological polar surface area (TPSA) is 63.4 Å². The molecule has 1 aliphatic rings. The van der Waals surface area contributed by atoms with Gasteiger partial charge < -0.3 is 5.11 Å². The van der Waals surface area contributed by atoms with E-state index in [1.807, 2.05) is 30.3 Å². The van der Waals surface area contributed by atoms with Gasteiger partial charge in [0.1, 0.15) is 0 Å². The molecule has 2 atom stereocenters. The van der Waals surface area contributed by atoms with E-state index in [0.29, 0.717) is 4.48 Å². The summed E-state index contributed by atoms with van der Waals surface area (Å²) in [7, 11) is 0. The van der Waals surface area contributed by atoms with Crippen molar-refractivity contribution in [2.45, 2.75) is 18.1 Å². The van der Waals surface area contributed by atoms with Crippen LogP contribution in [0.25, 0.3) is 0 Å². The van der Waals surface area contributed by atoms with E-state index in [9.17, 15) is 15.2 Å². The number of halogens is 1. The molecule has 0 saturated carbocycles. The Morgan fingerprint density at radius 1 is 1.39 bits per heavy atom. The molecule has 0 fully saturated rings. The lowest BCUT2D eigenvalue weighted by molar-refractivity contribution is -0.528. The van der Waals surface area contributed by atoms with Crippen molar-refractivity contribution in [2.75, 3.05) is 0 Å². The summed E-state index contributed by atoms with van der Waals surface area (Å²) in [6.45, 7) is 0. The fraction of sp³-hybridized carbons (Fsp3) is 0.231. The minimum Gasteiger partial charge on any atom is -0.377 e. The van der Waals surface area contributed by atoms with Crippen LogP contribution in [0.1, 0.15) is 5.56 Å². The molecule has 0 spiro atoms. The van der Waals surface area contributed by atoms with Crippen LogP contribution in [0.2, 0.25) is 0 Å². The number of nitrogens with zero attached hydrogens (tertiary/aromatic N) is 1. The van der Waals surface area contributed by atoms with Gasteiger partial charge in [0.25, 0.3) is 6.04 Å². The summed E-state index contributed by atoms with van der Waals surface area (Å²) < 4.78 is 0.433. The molecule has 1 aliphatic carbocycles. The summed E-state index contributed by atoms with van der Waals surface area (Å²) in [5, 5.41) is 21.7. The summed E-state index contributed by atoms with van der Waals surface area (Å²) >= 11 is 3.23. The zero-order chi connectivity index (χ0) is 13.2. The normalized spacial score (nSPS) is 26.8. The van der Waals surface area contributed by atoms with Crippen LogP contribution in [0.3, 0.4) is 0 Å². The van der Waals surface area contributed by atoms with E-state index in [-0.39, 0.29) is 6.42 Å². The molecule has 94 valence electrons. The molecule has 18 heavy (non-hydrogen) atoms. The van der Waals surface area contributed by atoms with Gasteiger partial charge in [-0.15, -0.1) is 0 Å². The molecule has 0 heterocycles. The maximum absolute atomic E-state index is 11.1. The molecule has 0 bridgehead atoms. The predicted molar refractivity (Wildman–Crippen MR) is 72.0 cm³/mol. The van der Waals surface area contributed by atoms with E-state index in [4.69, 9.17) is 0 Å². The standard InChI is InChI=1S/C13H12BrNO3/c14-11-7-4-8-12(15(17)18)13(11,16)9-10-5-2-1-3-6-10/h1-8,12,16H,9H2. The maximum atomic E-state index is 11.1. The van der Waals surface area contributed by atoms with Crippen LogP contribution >= 0.6 is 15.9 Å². The molecule has 0 aromatic heterocycles. The zero-order valence-corrected chi connectivity index (χ0v) is 11.1. The number of hydrogen-bond acceptors (Lipinski definition) is 3. The van der Waals surface area contributed by atoms with Gasteiger partial charge in [0.15, 0.2) is 5.60 Å². The molecule has 5 heteroatoms. The lowest BCUT2D eigenvalue weighted by Crippen LogP contribution is -2.49. The third-order valence-electron chi connectivity index (χ3n) is 2.98. The Kier molecular flexibility index (Phi) is 3.63. The second-order valence-corrected chi connectivity index (χ2v) is 5.07. The molecule has 0 radical (unpaired) electrons. The Hall–Kier alpha value is -1.46. The van der Waals surface area contributed by atoms with Crippen LogP contribution in [0.15, 0.2) is 53.0 Å². The van der Waals surface area contributed by atoms with E-state index in [0.717, 1.165) is 5.56 Å². The van der Waals surface area contributed by atoms with E-state index in [2.05, 4.69) is 15.9 Å². The summed E-state index contributed by atoms with van der Waals surface area (Å²) in [4.78, 5) is 10.6. The fourth-order valence-corrected chi connectivity index (χ4v) is 2.56. The molecule has 1 aromatic carbocycles. The highest BCUT2D eigenvalue weighted by Crippen LogP contribution is 2.34. The van der Waals surface area contributed by atoms with Crippen LogP contribution in [0.5, 0.6) is 0 Å². The van der Waals surface area contributed by atoms with Gasteiger partial charge in [0.2, 0.25) is 0 Å². The summed E-state index contributed by atoms with van der Waals surface area (Å²) in [6.07, 6.45) is 4.83. The van der Waals surface area contributed by atoms with E-state index in [1.54, 1.807) is 12.2 Å². The van der Waals surface area contributed by atoms with Crippen molar-refractivity contribution in [3.63, 3.8) is 0 Å². The second kappa shape index (κ2) is 5.04. The van der Waals surface area contributed by atoms with Gasteiger partial charge in [-0.2, -0.15) is 0 Å². The Labute approximate surface area is 113 Å². The molecule has 1 N–H and O–H groups in total. The molecule has 2 rings (SSSR count). The number of benzene rings is 1. The number of rotatable bonds is 3. The lowest BCUT2D eigenvalue weighted by atomic mass is 9.84. The third-order valence-corrected chi connectivity index (χ3v) is 3.93. The van der Waals surface area contributed by atoms with E-state index < -0.39 is 16.6 Å². The summed E-state index contributed by atoms with van der Waals surface area (Å²) in [5.41, 5.74) is -0.674. The number of hydrogen-bond donors (Lipinski definition) is 1. The first-order valence-electron chi connectivity index (χ1n) is 5.48. The van der Waals surface area contributed by atoms with Gasteiger partial charge >= 0.3 is 0 Å². The van der Waals surface area contributed by atoms with Gasteiger partial charge in [-0.05, 0) is 17.7 Å².